The summed E-state index contributed by atoms with van der Waals surface area (Å²) in [6.07, 6.45) is 4.64. The number of ether oxygens (including phenoxy) is 2. The van der Waals surface area contributed by atoms with Crippen LogP contribution in [-0.2, 0) is 19.4 Å². The number of carbonyl (C=O) groups is 1. The molecule has 1 aliphatic carbocycles. The Kier molecular flexibility index (Phi) is 11.0. The molecule has 1 aliphatic heterocycles. The lowest BCUT2D eigenvalue weighted by atomic mass is 9.83. The van der Waals surface area contributed by atoms with Crippen LogP contribution in [0.5, 0.6) is 5.75 Å². The van der Waals surface area contributed by atoms with Crippen LogP contribution in [0.3, 0.4) is 0 Å². The second kappa shape index (κ2) is 15.3. The monoisotopic (exact) mass is 645 g/mol. The van der Waals surface area contributed by atoms with Crippen LogP contribution in [0.4, 0.5) is 5.69 Å². The molecule has 0 bridgehead atoms. The highest BCUT2D eigenvalue weighted by Gasteiger charge is 2.54. The number of nitrogens with zero attached hydrogens (tertiary/aromatic N) is 4. The van der Waals surface area contributed by atoms with Crippen molar-refractivity contribution in [1.82, 2.24) is 5.32 Å². The maximum absolute atomic E-state index is 14.5. The van der Waals surface area contributed by atoms with Gasteiger partial charge in [0.05, 0.1) is 17.3 Å². The van der Waals surface area contributed by atoms with E-state index < -0.39 is 27.4 Å². The fourth-order valence-electron chi connectivity index (χ4n) is 6.01. The summed E-state index contributed by atoms with van der Waals surface area (Å²) in [5, 5.41) is 16.0. The number of rotatable bonds is 14. The lowest BCUT2D eigenvalue weighted by molar-refractivity contribution is -0.129. The number of azide groups is 1. The van der Waals surface area contributed by atoms with E-state index in [2.05, 4.69) is 15.3 Å². The Labute approximate surface area is 269 Å². The standard InChI is InChI=1S/C34H39N5O6S/c35-39-38-30-15-8-7-14-29(30)31-34(33(41)36-24-25-10-3-1-4-11-25,20-23-46(42,43)28-12-5-2-6-13-28)37-32(45-31)26-16-18-27(19-17-26)44-22-9-21-40/h2,5-8,12-19,25,31,40H,1,3-4,9-11,20-24H2,(H,36,41)/t31-,34-/m1/s1. The molecule has 0 radical (unpaired) electrons. The zero-order valence-electron chi connectivity index (χ0n) is 25.6. The molecule has 46 heavy (non-hydrogen) atoms. The van der Waals surface area contributed by atoms with Crippen LogP contribution in [-0.4, -0.2) is 56.4 Å². The van der Waals surface area contributed by atoms with E-state index in [0.29, 0.717) is 42.4 Å². The molecule has 2 N–H and O–H groups in total. The van der Waals surface area contributed by atoms with Gasteiger partial charge in [-0.2, -0.15) is 0 Å². The third-order valence-corrected chi connectivity index (χ3v) is 10.3. The molecule has 2 aliphatic rings. The van der Waals surface area contributed by atoms with Crippen LogP contribution < -0.4 is 10.1 Å². The molecule has 242 valence electrons. The van der Waals surface area contributed by atoms with Crippen LogP contribution in [0.25, 0.3) is 10.4 Å². The summed E-state index contributed by atoms with van der Waals surface area (Å²) < 4.78 is 39.3. The maximum atomic E-state index is 14.5. The van der Waals surface area contributed by atoms with Crippen molar-refractivity contribution >= 4 is 27.3 Å². The number of benzene rings is 3. The van der Waals surface area contributed by atoms with Gasteiger partial charge in [-0.05, 0) is 60.7 Å². The summed E-state index contributed by atoms with van der Waals surface area (Å²) in [7, 11) is -3.80. The summed E-state index contributed by atoms with van der Waals surface area (Å²) >= 11 is 0. The Balaban J connectivity index is 1.56. The van der Waals surface area contributed by atoms with Crippen LogP contribution >= 0.6 is 0 Å². The predicted octanol–water partition coefficient (Wildman–Crippen LogP) is 6.21. The first kappa shape index (κ1) is 33.0. The molecule has 3 aromatic carbocycles. The highest BCUT2D eigenvalue weighted by atomic mass is 32.2. The molecule has 1 heterocycles. The molecule has 11 nitrogen and oxygen atoms in total. The largest absolute Gasteiger partial charge is 0.494 e. The minimum absolute atomic E-state index is 0.0202. The number of aliphatic hydroxyl groups excluding tert-OH is 1. The third-order valence-electron chi connectivity index (χ3n) is 8.53. The summed E-state index contributed by atoms with van der Waals surface area (Å²) in [6, 6.07) is 21.9. The van der Waals surface area contributed by atoms with Gasteiger partial charge in [0, 0.05) is 47.7 Å². The number of hydrogen-bond donors (Lipinski definition) is 2. The molecule has 1 amide bonds. The molecule has 1 saturated carbocycles. The molecule has 12 heteroatoms. The van der Waals surface area contributed by atoms with Crippen LogP contribution in [0.15, 0.2) is 93.9 Å². The lowest BCUT2D eigenvalue weighted by Crippen LogP contribution is -2.50. The molecule has 2 atom stereocenters. The second-order valence-electron chi connectivity index (χ2n) is 11.6. The van der Waals surface area contributed by atoms with Gasteiger partial charge >= 0.3 is 0 Å². The Morgan fingerprint density at radius 3 is 2.48 bits per heavy atom. The topological polar surface area (TPSA) is 163 Å². The molecule has 0 unspecified atom stereocenters. The van der Waals surface area contributed by atoms with E-state index in [4.69, 9.17) is 19.6 Å². The fourth-order valence-corrected chi connectivity index (χ4v) is 7.40. The van der Waals surface area contributed by atoms with E-state index in [1.807, 2.05) is 0 Å². The van der Waals surface area contributed by atoms with Crippen LogP contribution in [0.2, 0.25) is 0 Å². The van der Waals surface area contributed by atoms with E-state index in [0.717, 1.165) is 25.7 Å². The van der Waals surface area contributed by atoms with Crippen molar-refractivity contribution in [2.24, 2.45) is 16.0 Å². The van der Waals surface area contributed by atoms with Gasteiger partial charge in [0.1, 0.15) is 5.75 Å². The molecular formula is C34H39N5O6S. The number of sulfone groups is 1. The Morgan fingerprint density at radius 2 is 1.76 bits per heavy atom. The van der Waals surface area contributed by atoms with Gasteiger partial charge < -0.3 is 19.9 Å². The fraction of sp³-hybridized carbons (Fsp3) is 0.412. The molecular weight excluding hydrogens is 606 g/mol. The number of carbonyl (C=O) groups excluding carboxylic acids is 1. The highest BCUT2D eigenvalue weighted by molar-refractivity contribution is 7.91. The van der Waals surface area contributed by atoms with E-state index in [1.165, 1.54) is 18.6 Å². The summed E-state index contributed by atoms with van der Waals surface area (Å²) in [4.78, 5) is 22.5. The molecule has 3 aromatic rings. The predicted molar refractivity (Wildman–Crippen MR) is 175 cm³/mol. The van der Waals surface area contributed by atoms with Gasteiger partial charge in [0.15, 0.2) is 21.5 Å². The van der Waals surface area contributed by atoms with Crippen LogP contribution in [0.1, 0.15) is 62.2 Å². The maximum Gasteiger partial charge on any atom is 0.252 e. The molecule has 0 spiro atoms. The van der Waals surface area contributed by atoms with Crippen molar-refractivity contribution in [1.29, 1.82) is 0 Å². The molecule has 5 rings (SSSR count). The first-order valence-electron chi connectivity index (χ1n) is 15.7. The van der Waals surface area contributed by atoms with Gasteiger partial charge in [-0.25, -0.2) is 13.4 Å². The van der Waals surface area contributed by atoms with E-state index in [1.54, 1.807) is 66.7 Å². The van der Waals surface area contributed by atoms with Gasteiger partial charge in [0.2, 0.25) is 5.90 Å². The molecule has 0 saturated heterocycles. The SMILES string of the molecule is [N-]=[N+]=Nc1ccccc1[C@H]1OC(c2ccc(OCCCO)cc2)=N[C@@]1(CCS(=O)(=O)c1ccccc1)C(=O)NCC1CCCCC1. The van der Waals surface area contributed by atoms with E-state index in [9.17, 15) is 18.7 Å². The zero-order chi connectivity index (χ0) is 32.4. The van der Waals surface area contributed by atoms with Crippen molar-refractivity contribution in [3.63, 3.8) is 0 Å². The highest BCUT2D eigenvalue weighted by Crippen LogP contribution is 2.46. The Hall–Kier alpha value is -4.38. The number of aliphatic hydroxyl groups is 1. The van der Waals surface area contributed by atoms with Crippen molar-refractivity contribution in [2.45, 2.75) is 61.5 Å². The smallest absolute Gasteiger partial charge is 0.252 e. The van der Waals surface area contributed by atoms with Gasteiger partial charge in [-0.3, -0.25) is 4.79 Å². The van der Waals surface area contributed by atoms with Crippen molar-refractivity contribution in [3.8, 4) is 5.75 Å². The van der Waals surface area contributed by atoms with E-state index in [-0.39, 0.29) is 35.3 Å². The number of hydrogen-bond acceptors (Lipinski definition) is 8. The van der Waals surface area contributed by atoms with Crippen molar-refractivity contribution < 1.29 is 27.8 Å². The lowest BCUT2D eigenvalue weighted by Gasteiger charge is -2.32. The third kappa shape index (κ3) is 7.70. The number of amides is 1. The van der Waals surface area contributed by atoms with Crippen LogP contribution in [0, 0.1) is 5.92 Å². The van der Waals surface area contributed by atoms with Gasteiger partial charge in [-0.1, -0.05) is 66.8 Å². The van der Waals surface area contributed by atoms with Gasteiger partial charge in [-0.15, -0.1) is 0 Å². The zero-order valence-corrected chi connectivity index (χ0v) is 26.4. The first-order valence-corrected chi connectivity index (χ1v) is 17.3. The number of aliphatic imine (C=N–C) groups is 1. The quantitative estimate of drug-likeness (QED) is 0.0917. The Morgan fingerprint density at radius 1 is 1.04 bits per heavy atom. The summed E-state index contributed by atoms with van der Waals surface area (Å²) in [5.41, 5.74) is 8.88. The minimum Gasteiger partial charge on any atom is -0.494 e. The normalized spacial score (nSPS) is 19.8. The van der Waals surface area contributed by atoms with Crippen molar-refractivity contribution in [2.75, 3.05) is 25.5 Å². The summed E-state index contributed by atoms with van der Waals surface area (Å²) in [5.74, 6) is 0.257. The average Bonchev–Trinajstić information content (AvgIpc) is 3.49. The average molecular weight is 646 g/mol. The summed E-state index contributed by atoms with van der Waals surface area (Å²) in [6.45, 7) is 0.819. The van der Waals surface area contributed by atoms with Crippen molar-refractivity contribution in [3.05, 3.63) is 100 Å². The number of nitrogens with one attached hydrogen (secondary N) is 1. The van der Waals surface area contributed by atoms with Gasteiger partial charge in [0.25, 0.3) is 5.91 Å². The minimum atomic E-state index is -3.80. The first-order chi connectivity index (χ1) is 22.4. The molecule has 0 aromatic heterocycles. The van der Waals surface area contributed by atoms with E-state index >= 15 is 0 Å². The Bertz CT molecular complexity index is 1670. The molecule has 1 fully saturated rings. The second-order valence-corrected chi connectivity index (χ2v) is 13.7.